The average molecular weight is 348 g/mol. The van der Waals surface area contributed by atoms with Gasteiger partial charge in [-0.2, -0.15) is 0 Å². The molecule has 0 radical (unpaired) electrons. The summed E-state index contributed by atoms with van der Waals surface area (Å²) in [4.78, 5) is 0. The number of aryl methyl sites for hydroxylation is 1. The molecular formula is C20H26ClNO2. The Bertz CT molecular complexity index is 655. The van der Waals surface area contributed by atoms with Gasteiger partial charge in [-0.1, -0.05) is 48.4 Å². The summed E-state index contributed by atoms with van der Waals surface area (Å²) in [6.45, 7) is 7.57. The molecule has 1 atom stereocenters. The van der Waals surface area contributed by atoms with Crippen molar-refractivity contribution in [3.05, 3.63) is 58.1 Å². The van der Waals surface area contributed by atoms with Crippen LogP contribution in [0.15, 0.2) is 36.4 Å². The summed E-state index contributed by atoms with van der Waals surface area (Å²) in [6, 6.07) is 12.5. The molecule has 1 unspecified atom stereocenters. The van der Waals surface area contributed by atoms with Crippen molar-refractivity contribution in [2.24, 2.45) is 0 Å². The third kappa shape index (κ3) is 5.15. The quantitative estimate of drug-likeness (QED) is 0.718. The maximum Gasteiger partial charge on any atom is 0.163 e. The molecule has 24 heavy (non-hydrogen) atoms. The van der Waals surface area contributed by atoms with Crippen LogP contribution >= 0.6 is 11.6 Å². The first-order chi connectivity index (χ1) is 11.5. The van der Waals surface area contributed by atoms with E-state index in [1.54, 1.807) is 7.11 Å². The van der Waals surface area contributed by atoms with E-state index in [1.807, 2.05) is 12.1 Å². The Morgan fingerprint density at radius 1 is 1.12 bits per heavy atom. The number of rotatable bonds is 8. The first kappa shape index (κ1) is 18.6. The summed E-state index contributed by atoms with van der Waals surface area (Å²) in [5.41, 5.74) is 3.36. The minimum atomic E-state index is 0.449. The number of methoxy groups -OCH3 is 1. The van der Waals surface area contributed by atoms with Crippen LogP contribution < -0.4 is 14.8 Å². The standard InChI is InChI=1S/C20H26ClNO2/c1-5-15(3)22-12-17-10-19(23-4)20(11-18(17)21)24-13-16-8-6-14(2)7-9-16/h6-11,15,22H,5,12-13H2,1-4H3. The predicted molar refractivity (Wildman–Crippen MR) is 100 cm³/mol. The van der Waals surface area contributed by atoms with Crippen LogP contribution in [-0.4, -0.2) is 13.2 Å². The summed E-state index contributed by atoms with van der Waals surface area (Å²) in [7, 11) is 1.65. The van der Waals surface area contributed by atoms with Gasteiger partial charge in [-0.3, -0.25) is 0 Å². The molecule has 0 aliphatic heterocycles. The molecule has 2 aromatic rings. The second-order valence-electron chi connectivity index (χ2n) is 6.06. The van der Waals surface area contributed by atoms with Crippen LogP contribution in [0.2, 0.25) is 5.02 Å². The van der Waals surface area contributed by atoms with Gasteiger partial charge in [-0.05, 0) is 37.5 Å². The fourth-order valence-electron chi connectivity index (χ4n) is 2.26. The van der Waals surface area contributed by atoms with E-state index in [2.05, 4.69) is 50.4 Å². The Labute approximate surface area is 149 Å². The molecule has 0 amide bonds. The van der Waals surface area contributed by atoms with Gasteiger partial charge in [0, 0.05) is 23.7 Å². The lowest BCUT2D eigenvalue weighted by molar-refractivity contribution is 0.284. The van der Waals surface area contributed by atoms with E-state index in [0.29, 0.717) is 35.7 Å². The van der Waals surface area contributed by atoms with Gasteiger partial charge in [0.25, 0.3) is 0 Å². The van der Waals surface area contributed by atoms with E-state index in [9.17, 15) is 0 Å². The minimum Gasteiger partial charge on any atom is -0.493 e. The van der Waals surface area contributed by atoms with Crippen LogP contribution in [0.5, 0.6) is 11.5 Å². The van der Waals surface area contributed by atoms with Gasteiger partial charge in [-0.15, -0.1) is 0 Å². The number of ether oxygens (including phenoxy) is 2. The lowest BCUT2D eigenvalue weighted by Gasteiger charge is -2.16. The number of halogens is 1. The topological polar surface area (TPSA) is 30.5 Å². The summed E-state index contributed by atoms with van der Waals surface area (Å²) in [5, 5.41) is 4.13. The van der Waals surface area contributed by atoms with Gasteiger partial charge in [0.05, 0.1) is 7.11 Å². The van der Waals surface area contributed by atoms with Crippen molar-refractivity contribution >= 4 is 11.6 Å². The van der Waals surface area contributed by atoms with Crippen molar-refractivity contribution in [1.82, 2.24) is 5.32 Å². The van der Waals surface area contributed by atoms with Gasteiger partial charge < -0.3 is 14.8 Å². The molecule has 4 heteroatoms. The highest BCUT2D eigenvalue weighted by molar-refractivity contribution is 6.31. The van der Waals surface area contributed by atoms with E-state index < -0.39 is 0 Å². The molecule has 0 fully saturated rings. The molecule has 0 saturated carbocycles. The largest absolute Gasteiger partial charge is 0.493 e. The van der Waals surface area contributed by atoms with Crippen molar-refractivity contribution in [1.29, 1.82) is 0 Å². The molecule has 0 bridgehead atoms. The molecule has 3 nitrogen and oxygen atoms in total. The molecule has 2 rings (SSSR count). The molecule has 0 aromatic heterocycles. The van der Waals surface area contributed by atoms with Crippen LogP contribution in [0.4, 0.5) is 0 Å². The average Bonchev–Trinajstić information content (AvgIpc) is 2.60. The molecule has 0 spiro atoms. The SMILES string of the molecule is CCC(C)NCc1cc(OC)c(OCc2ccc(C)cc2)cc1Cl. The van der Waals surface area contributed by atoms with Crippen LogP contribution in [-0.2, 0) is 13.2 Å². The van der Waals surface area contributed by atoms with Gasteiger partial charge in [-0.25, -0.2) is 0 Å². The Kier molecular flexibility index (Phi) is 6.95. The third-order valence-electron chi connectivity index (χ3n) is 4.10. The first-order valence-corrected chi connectivity index (χ1v) is 8.69. The fourth-order valence-corrected chi connectivity index (χ4v) is 2.48. The Morgan fingerprint density at radius 3 is 2.46 bits per heavy atom. The second-order valence-corrected chi connectivity index (χ2v) is 6.47. The van der Waals surface area contributed by atoms with Crippen molar-refractivity contribution in [3.8, 4) is 11.5 Å². The van der Waals surface area contributed by atoms with Gasteiger partial charge >= 0.3 is 0 Å². The Hall–Kier alpha value is -1.71. The summed E-state index contributed by atoms with van der Waals surface area (Å²) >= 11 is 6.41. The number of nitrogens with one attached hydrogen (secondary N) is 1. The predicted octanol–water partition coefficient (Wildman–Crippen LogP) is 5.12. The van der Waals surface area contributed by atoms with E-state index in [4.69, 9.17) is 21.1 Å². The zero-order valence-electron chi connectivity index (χ0n) is 14.9. The molecule has 130 valence electrons. The number of hydrogen-bond acceptors (Lipinski definition) is 3. The zero-order chi connectivity index (χ0) is 17.5. The van der Waals surface area contributed by atoms with Crippen molar-refractivity contribution < 1.29 is 9.47 Å². The van der Waals surface area contributed by atoms with E-state index in [0.717, 1.165) is 17.5 Å². The Balaban J connectivity index is 2.09. The lowest BCUT2D eigenvalue weighted by Crippen LogP contribution is -2.24. The molecule has 2 aromatic carbocycles. The summed E-state index contributed by atoms with van der Waals surface area (Å²) in [5.74, 6) is 1.36. The molecule has 0 aliphatic rings. The molecule has 0 heterocycles. The lowest BCUT2D eigenvalue weighted by atomic mass is 10.1. The van der Waals surface area contributed by atoms with Gasteiger partial charge in [0.2, 0.25) is 0 Å². The van der Waals surface area contributed by atoms with Crippen molar-refractivity contribution in [2.75, 3.05) is 7.11 Å². The van der Waals surface area contributed by atoms with Gasteiger partial charge in [0.15, 0.2) is 11.5 Å². The maximum absolute atomic E-state index is 6.41. The summed E-state index contributed by atoms with van der Waals surface area (Å²) < 4.78 is 11.4. The molecule has 0 aliphatic carbocycles. The van der Waals surface area contributed by atoms with Crippen LogP contribution in [0.1, 0.15) is 37.0 Å². The van der Waals surface area contributed by atoms with Gasteiger partial charge in [0.1, 0.15) is 6.61 Å². The minimum absolute atomic E-state index is 0.449. The highest BCUT2D eigenvalue weighted by Gasteiger charge is 2.11. The third-order valence-corrected chi connectivity index (χ3v) is 4.45. The highest BCUT2D eigenvalue weighted by Crippen LogP contribution is 2.34. The van der Waals surface area contributed by atoms with Crippen LogP contribution in [0.25, 0.3) is 0 Å². The van der Waals surface area contributed by atoms with Crippen molar-refractivity contribution in [3.63, 3.8) is 0 Å². The first-order valence-electron chi connectivity index (χ1n) is 8.31. The zero-order valence-corrected chi connectivity index (χ0v) is 15.6. The number of hydrogen-bond donors (Lipinski definition) is 1. The second kappa shape index (κ2) is 8.95. The smallest absolute Gasteiger partial charge is 0.163 e. The van der Waals surface area contributed by atoms with E-state index in [1.165, 1.54) is 5.56 Å². The molecule has 0 saturated heterocycles. The number of benzene rings is 2. The van der Waals surface area contributed by atoms with E-state index >= 15 is 0 Å². The fraction of sp³-hybridized carbons (Fsp3) is 0.400. The van der Waals surface area contributed by atoms with E-state index in [-0.39, 0.29) is 0 Å². The normalized spacial score (nSPS) is 12.0. The molecular weight excluding hydrogens is 322 g/mol. The Morgan fingerprint density at radius 2 is 1.83 bits per heavy atom. The van der Waals surface area contributed by atoms with Crippen molar-refractivity contribution in [2.45, 2.75) is 46.4 Å². The van der Waals surface area contributed by atoms with Crippen LogP contribution in [0.3, 0.4) is 0 Å². The summed E-state index contributed by atoms with van der Waals surface area (Å²) in [6.07, 6.45) is 1.08. The monoisotopic (exact) mass is 347 g/mol. The molecule has 1 N–H and O–H groups in total. The van der Waals surface area contributed by atoms with Crippen LogP contribution in [0, 0.1) is 6.92 Å². The maximum atomic E-state index is 6.41. The highest BCUT2D eigenvalue weighted by atomic mass is 35.5.